The van der Waals surface area contributed by atoms with Gasteiger partial charge in [0.15, 0.2) is 6.04 Å². The molecule has 1 aromatic rings. The molecule has 1 saturated heterocycles. The summed E-state index contributed by atoms with van der Waals surface area (Å²) in [4.78, 5) is 16.4. The summed E-state index contributed by atoms with van der Waals surface area (Å²) in [5, 5.41) is 3.28. The minimum atomic E-state index is 0.0294. The highest BCUT2D eigenvalue weighted by atomic mass is 16.5. The zero-order valence-electron chi connectivity index (χ0n) is 15.6. The Morgan fingerprint density at radius 2 is 1.88 bits per heavy atom. The maximum Gasteiger partial charge on any atom is 0.278 e. The van der Waals surface area contributed by atoms with Gasteiger partial charge < -0.3 is 19.9 Å². The monoisotopic (exact) mass is 346 g/mol. The van der Waals surface area contributed by atoms with Crippen LogP contribution in [0.3, 0.4) is 0 Å². The average Bonchev–Trinajstić information content (AvgIpc) is 2.68. The lowest BCUT2D eigenvalue weighted by Gasteiger charge is -2.37. The second-order valence-corrected chi connectivity index (χ2v) is 7.38. The van der Waals surface area contributed by atoms with Crippen molar-refractivity contribution < 1.29 is 14.4 Å². The molecule has 0 bridgehead atoms. The van der Waals surface area contributed by atoms with Crippen molar-refractivity contribution in [2.75, 3.05) is 38.2 Å². The maximum absolute atomic E-state index is 12.6. The highest BCUT2D eigenvalue weighted by Crippen LogP contribution is 2.27. The number of rotatable bonds is 5. The summed E-state index contributed by atoms with van der Waals surface area (Å²) in [6.45, 7) is 5.95. The van der Waals surface area contributed by atoms with E-state index in [1.165, 1.54) is 24.2 Å². The fourth-order valence-electron chi connectivity index (χ4n) is 4.12. The average molecular weight is 346 g/mol. The van der Waals surface area contributed by atoms with E-state index in [9.17, 15) is 4.79 Å². The van der Waals surface area contributed by atoms with Crippen LogP contribution in [0.4, 0.5) is 5.69 Å². The van der Waals surface area contributed by atoms with Gasteiger partial charge in [0, 0.05) is 6.04 Å². The number of piperazine rings is 1. The molecule has 25 heavy (non-hydrogen) atoms. The Balaban J connectivity index is 1.51. The third-order valence-corrected chi connectivity index (χ3v) is 5.79. The maximum atomic E-state index is 12.6. The molecule has 2 aliphatic rings. The van der Waals surface area contributed by atoms with E-state index in [0.29, 0.717) is 6.04 Å². The van der Waals surface area contributed by atoms with Crippen LogP contribution in [0.1, 0.15) is 39.0 Å². The van der Waals surface area contributed by atoms with Gasteiger partial charge in [-0.2, -0.15) is 0 Å². The standard InChI is InChI=1S/C20H31N3O2/c1-16(20(24)21-17-8-4-3-5-9-17)22-12-14-23(15-13-22)18-10-6-7-11-19(18)25-2/h6-7,10-11,16-17H,3-5,8-9,12-15H2,1-2H3,(H,21,24)/p+1/t16-/m1/s1. The summed E-state index contributed by atoms with van der Waals surface area (Å²) in [6, 6.07) is 8.61. The van der Waals surface area contributed by atoms with Gasteiger partial charge in [-0.15, -0.1) is 0 Å². The Morgan fingerprint density at radius 3 is 2.56 bits per heavy atom. The SMILES string of the molecule is COc1ccccc1N1CC[NH+]([C@H](C)C(=O)NC2CCCCC2)CC1. The third-order valence-electron chi connectivity index (χ3n) is 5.79. The predicted molar refractivity (Wildman–Crippen MR) is 100 cm³/mol. The molecule has 1 heterocycles. The first kappa shape index (κ1) is 18.1. The van der Waals surface area contributed by atoms with E-state index in [4.69, 9.17) is 4.74 Å². The molecule has 1 aliphatic heterocycles. The normalized spacial score (nSPS) is 21.0. The van der Waals surface area contributed by atoms with Gasteiger partial charge in [-0.25, -0.2) is 0 Å². The minimum Gasteiger partial charge on any atom is -0.495 e. The summed E-state index contributed by atoms with van der Waals surface area (Å²) in [6.07, 6.45) is 6.12. The fourth-order valence-corrected chi connectivity index (χ4v) is 4.12. The molecule has 1 atom stereocenters. The van der Waals surface area contributed by atoms with Crippen LogP contribution in [0, 0.1) is 0 Å². The van der Waals surface area contributed by atoms with Crippen molar-refractivity contribution in [1.29, 1.82) is 0 Å². The number of anilines is 1. The number of carbonyl (C=O) groups excluding carboxylic acids is 1. The van der Waals surface area contributed by atoms with Crippen molar-refractivity contribution in [3.63, 3.8) is 0 Å². The molecule has 2 fully saturated rings. The van der Waals surface area contributed by atoms with Crippen LogP contribution in [-0.2, 0) is 4.79 Å². The smallest absolute Gasteiger partial charge is 0.278 e. The van der Waals surface area contributed by atoms with Crippen molar-refractivity contribution in [1.82, 2.24) is 5.32 Å². The number of nitrogens with one attached hydrogen (secondary N) is 2. The van der Waals surface area contributed by atoms with E-state index in [2.05, 4.69) is 29.3 Å². The number of ether oxygens (including phenoxy) is 1. The van der Waals surface area contributed by atoms with E-state index in [1.807, 2.05) is 12.1 Å². The van der Waals surface area contributed by atoms with Gasteiger partial charge in [-0.3, -0.25) is 4.79 Å². The summed E-state index contributed by atoms with van der Waals surface area (Å²) in [7, 11) is 1.72. The van der Waals surface area contributed by atoms with Crippen LogP contribution in [-0.4, -0.2) is 51.3 Å². The molecule has 1 aromatic carbocycles. The van der Waals surface area contributed by atoms with Crippen LogP contribution >= 0.6 is 0 Å². The molecule has 0 radical (unpaired) electrons. The van der Waals surface area contributed by atoms with Gasteiger partial charge in [0.2, 0.25) is 0 Å². The largest absolute Gasteiger partial charge is 0.495 e. The third kappa shape index (κ3) is 4.46. The number of benzene rings is 1. The lowest BCUT2D eigenvalue weighted by molar-refractivity contribution is -0.914. The van der Waals surface area contributed by atoms with Gasteiger partial charge in [-0.05, 0) is 31.9 Å². The van der Waals surface area contributed by atoms with E-state index >= 15 is 0 Å². The molecule has 0 aromatic heterocycles. The molecule has 1 saturated carbocycles. The van der Waals surface area contributed by atoms with Crippen molar-refractivity contribution in [2.24, 2.45) is 0 Å². The van der Waals surface area contributed by atoms with Crippen molar-refractivity contribution in [2.45, 2.75) is 51.1 Å². The van der Waals surface area contributed by atoms with Gasteiger partial charge in [0.25, 0.3) is 5.91 Å². The Morgan fingerprint density at radius 1 is 1.20 bits per heavy atom. The Kier molecular flexibility index (Phi) is 6.19. The lowest BCUT2D eigenvalue weighted by Crippen LogP contribution is -3.19. The lowest BCUT2D eigenvalue weighted by atomic mass is 9.95. The van der Waals surface area contributed by atoms with Crippen molar-refractivity contribution >= 4 is 11.6 Å². The molecule has 2 N–H and O–H groups in total. The number of hydrogen-bond acceptors (Lipinski definition) is 3. The van der Waals surface area contributed by atoms with E-state index in [-0.39, 0.29) is 11.9 Å². The molecular weight excluding hydrogens is 314 g/mol. The van der Waals surface area contributed by atoms with Gasteiger partial charge >= 0.3 is 0 Å². The number of quaternary nitrogens is 1. The number of methoxy groups -OCH3 is 1. The fraction of sp³-hybridized carbons (Fsp3) is 0.650. The molecule has 138 valence electrons. The van der Waals surface area contributed by atoms with E-state index < -0.39 is 0 Å². The summed E-state index contributed by atoms with van der Waals surface area (Å²) >= 11 is 0. The first-order chi connectivity index (χ1) is 12.2. The predicted octanol–water partition coefficient (Wildman–Crippen LogP) is 1.24. The second-order valence-electron chi connectivity index (χ2n) is 7.38. The Labute approximate surface area is 151 Å². The van der Waals surface area contributed by atoms with Gasteiger partial charge in [0.05, 0.1) is 39.0 Å². The summed E-state index contributed by atoms with van der Waals surface area (Å²) in [5.74, 6) is 1.15. The summed E-state index contributed by atoms with van der Waals surface area (Å²) in [5.41, 5.74) is 1.16. The zero-order chi connectivity index (χ0) is 17.6. The number of para-hydroxylation sites is 2. The Bertz CT molecular complexity index is 564. The highest BCUT2D eigenvalue weighted by Gasteiger charge is 2.31. The topological polar surface area (TPSA) is 46.0 Å². The number of carbonyl (C=O) groups is 1. The molecule has 5 heteroatoms. The van der Waals surface area contributed by atoms with Crippen molar-refractivity contribution in [3.05, 3.63) is 24.3 Å². The minimum absolute atomic E-state index is 0.0294. The van der Waals surface area contributed by atoms with Crippen molar-refractivity contribution in [3.8, 4) is 5.75 Å². The van der Waals surface area contributed by atoms with Gasteiger partial charge in [0.1, 0.15) is 5.75 Å². The first-order valence-electron chi connectivity index (χ1n) is 9.72. The zero-order valence-corrected chi connectivity index (χ0v) is 15.6. The molecular formula is C20H32N3O2+. The molecule has 5 nitrogen and oxygen atoms in total. The Hall–Kier alpha value is -1.75. The molecule has 1 amide bonds. The number of nitrogens with zero attached hydrogens (tertiary/aromatic N) is 1. The highest BCUT2D eigenvalue weighted by molar-refractivity contribution is 5.80. The molecule has 0 unspecified atom stereocenters. The molecule has 3 rings (SSSR count). The second kappa shape index (κ2) is 8.56. The number of amides is 1. The number of hydrogen-bond donors (Lipinski definition) is 2. The molecule has 1 aliphatic carbocycles. The summed E-state index contributed by atoms with van der Waals surface area (Å²) < 4.78 is 5.48. The van der Waals surface area contributed by atoms with Crippen LogP contribution < -0.4 is 19.9 Å². The first-order valence-corrected chi connectivity index (χ1v) is 9.72. The van der Waals surface area contributed by atoms with Crippen LogP contribution in [0.15, 0.2) is 24.3 Å². The van der Waals surface area contributed by atoms with E-state index in [1.54, 1.807) is 7.11 Å². The van der Waals surface area contributed by atoms with Crippen LogP contribution in [0.2, 0.25) is 0 Å². The molecule has 0 spiro atoms. The van der Waals surface area contributed by atoms with Crippen LogP contribution in [0.5, 0.6) is 5.75 Å². The van der Waals surface area contributed by atoms with E-state index in [0.717, 1.165) is 50.5 Å². The quantitative estimate of drug-likeness (QED) is 0.843. The van der Waals surface area contributed by atoms with Gasteiger partial charge in [-0.1, -0.05) is 31.4 Å². The van der Waals surface area contributed by atoms with Crippen LogP contribution in [0.25, 0.3) is 0 Å².